The van der Waals surface area contributed by atoms with Gasteiger partial charge in [-0.15, -0.1) is 0 Å². The Morgan fingerprint density at radius 1 is 0.971 bits per heavy atom. The molecule has 0 bridgehead atoms. The maximum absolute atomic E-state index is 13.3. The van der Waals surface area contributed by atoms with Gasteiger partial charge in [-0.1, -0.05) is 41.9 Å². The number of urea groups is 1. The molecule has 184 valence electrons. The fourth-order valence-corrected chi connectivity index (χ4v) is 4.15. The molecule has 3 aromatic carbocycles. The van der Waals surface area contributed by atoms with Gasteiger partial charge in [0, 0.05) is 24.2 Å². The largest absolute Gasteiger partial charge is 0.497 e. The lowest BCUT2D eigenvalue weighted by Gasteiger charge is -2.25. The summed E-state index contributed by atoms with van der Waals surface area (Å²) in [4.78, 5) is 27.3. The van der Waals surface area contributed by atoms with Gasteiger partial charge in [-0.05, 0) is 54.1 Å². The van der Waals surface area contributed by atoms with Crippen molar-refractivity contribution in [3.63, 3.8) is 0 Å². The number of anilines is 2. The summed E-state index contributed by atoms with van der Waals surface area (Å²) in [7, 11) is -1.16. The number of hydrogen-bond acceptors (Lipinski definition) is 5. The van der Waals surface area contributed by atoms with E-state index in [-0.39, 0.29) is 12.1 Å². The van der Waals surface area contributed by atoms with Gasteiger partial charge in [0.25, 0.3) is 0 Å². The molecule has 0 saturated carbocycles. The molecular weight excluding hydrogens is 492 g/mol. The number of hydrogen-bond donors (Lipinski definition) is 3. The van der Waals surface area contributed by atoms with Crippen molar-refractivity contribution in [3.8, 4) is 5.75 Å². The van der Waals surface area contributed by atoms with Gasteiger partial charge in [0.15, 0.2) is 0 Å². The first kappa shape index (κ1) is 25.9. The molecular formula is C24H25ClN4O5S. The van der Waals surface area contributed by atoms with Gasteiger partial charge in [-0.2, -0.15) is 8.42 Å². The van der Waals surface area contributed by atoms with Gasteiger partial charge in [0.2, 0.25) is 5.91 Å². The normalized spacial score (nSPS) is 11.7. The molecule has 1 atom stereocenters. The number of benzene rings is 3. The summed E-state index contributed by atoms with van der Waals surface area (Å²) in [6.45, 7) is 0. The average molecular weight is 517 g/mol. The number of amides is 3. The minimum absolute atomic E-state index is 0.151. The summed E-state index contributed by atoms with van der Waals surface area (Å²) >= 11 is 5.81. The van der Waals surface area contributed by atoms with Gasteiger partial charge in [-0.3, -0.25) is 9.52 Å². The zero-order chi connectivity index (χ0) is 25.4. The first-order valence-corrected chi connectivity index (χ1v) is 12.3. The summed E-state index contributed by atoms with van der Waals surface area (Å²) in [5.41, 5.74) is 1.58. The zero-order valence-electron chi connectivity index (χ0n) is 19.1. The number of rotatable bonds is 9. The highest BCUT2D eigenvalue weighted by Crippen LogP contribution is 2.19. The molecule has 3 N–H and O–H groups in total. The van der Waals surface area contributed by atoms with Crippen LogP contribution < -0.4 is 24.4 Å². The van der Waals surface area contributed by atoms with E-state index in [9.17, 15) is 18.0 Å². The van der Waals surface area contributed by atoms with E-state index >= 15 is 0 Å². The molecule has 3 aromatic rings. The number of carbonyl (C=O) groups excluding carboxylic acids is 2. The van der Waals surface area contributed by atoms with E-state index in [1.165, 1.54) is 36.3 Å². The summed E-state index contributed by atoms with van der Waals surface area (Å²) in [6, 6.07) is 19.7. The van der Waals surface area contributed by atoms with Crippen LogP contribution in [0.1, 0.15) is 5.56 Å². The third kappa shape index (κ3) is 7.62. The first-order chi connectivity index (χ1) is 16.7. The predicted octanol–water partition coefficient (Wildman–Crippen LogP) is 3.58. The van der Waals surface area contributed by atoms with Crippen LogP contribution in [-0.4, -0.2) is 40.6 Å². The van der Waals surface area contributed by atoms with E-state index < -0.39 is 28.2 Å². The quantitative estimate of drug-likeness (QED) is 0.402. The third-order valence-electron chi connectivity index (χ3n) is 5.00. The molecule has 0 aliphatic heterocycles. The van der Waals surface area contributed by atoms with Crippen molar-refractivity contribution in [1.29, 1.82) is 0 Å². The SMILES string of the molecule is COc1ccc(N(C)C(=O)[C@H](Cc2ccccc2)NC(=O)NS(=O)(=O)Nc2ccc(Cl)cc2)cc1. The number of ether oxygens (including phenoxy) is 1. The highest BCUT2D eigenvalue weighted by atomic mass is 35.5. The van der Waals surface area contributed by atoms with Crippen LogP contribution in [0.3, 0.4) is 0 Å². The van der Waals surface area contributed by atoms with Crippen molar-refractivity contribution >= 4 is 45.1 Å². The fraction of sp³-hybridized carbons (Fsp3) is 0.167. The lowest BCUT2D eigenvalue weighted by atomic mass is 10.0. The van der Waals surface area contributed by atoms with Crippen LogP contribution in [0.25, 0.3) is 0 Å². The summed E-state index contributed by atoms with van der Waals surface area (Å²) < 4.78 is 34.0. The molecule has 3 amide bonds. The zero-order valence-corrected chi connectivity index (χ0v) is 20.6. The van der Waals surface area contributed by atoms with Gasteiger partial charge in [-0.25, -0.2) is 9.52 Å². The lowest BCUT2D eigenvalue weighted by Crippen LogP contribution is -2.53. The van der Waals surface area contributed by atoms with E-state index in [4.69, 9.17) is 16.3 Å². The molecule has 0 aliphatic carbocycles. The molecule has 11 heteroatoms. The van der Waals surface area contributed by atoms with Crippen molar-refractivity contribution in [2.75, 3.05) is 23.8 Å². The molecule has 3 rings (SSSR count). The molecule has 0 unspecified atom stereocenters. The Bertz CT molecular complexity index is 1250. The Labute approximate surface area is 209 Å². The first-order valence-electron chi connectivity index (χ1n) is 10.5. The van der Waals surface area contributed by atoms with Gasteiger partial charge in [0.05, 0.1) is 12.8 Å². The maximum atomic E-state index is 13.3. The van der Waals surface area contributed by atoms with E-state index in [1.807, 2.05) is 35.1 Å². The van der Waals surface area contributed by atoms with Crippen molar-refractivity contribution in [2.24, 2.45) is 0 Å². The maximum Gasteiger partial charge on any atom is 0.330 e. The van der Waals surface area contributed by atoms with Crippen molar-refractivity contribution in [2.45, 2.75) is 12.5 Å². The van der Waals surface area contributed by atoms with Crippen molar-refractivity contribution < 1.29 is 22.7 Å². The molecule has 9 nitrogen and oxygen atoms in total. The number of nitrogens with zero attached hydrogens (tertiary/aromatic N) is 1. The van der Waals surface area contributed by atoms with E-state index in [1.54, 1.807) is 31.3 Å². The van der Waals surface area contributed by atoms with Gasteiger partial charge >= 0.3 is 16.2 Å². The number of methoxy groups -OCH3 is 1. The van der Waals surface area contributed by atoms with Crippen LogP contribution >= 0.6 is 11.6 Å². The Kier molecular flexibility index (Phi) is 8.56. The molecule has 0 radical (unpaired) electrons. The number of nitrogens with one attached hydrogen (secondary N) is 3. The van der Waals surface area contributed by atoms with Crippen LogP contribution in [0.4, 0.5) is 16.2 Å². The van der Waals surface area contributed by atoms with Gasteiger partial charge < -0.3 is 15.0 Å². The number of halogens is 1. The third-order valence-corrected chi connectivity index (χ3v) is 6.21. The van der Waals surface area contributed by atoms with E-state index in [0.29, 0.717) is 16.5 Å². The highest BCUT2D eigenvalue weighted by molar-refractivity contribution is 7.91. The van der Waals surface area contributed by atoms with E-state index in [0.717, 1.165) is 5.56 Å². The minimum atomic E-state index is -4.26. The molecule has 0 fully saturated rings. The van der Waals surface area contributed by atoms with Crippen molar-refractivity contribution in [1.82, 2.24) is 10.0 Å². The number of carbonyl (C=O) groups is 2. The molecule has 0 spiro atoms. The van der Waals surface area contributed by atoms with Crippen molar-refractivity contribution in [3.05, 3.63) is 89.4 Å². The summed E-state index contributed by atoms with van der Waals surface area (Å²) in [6.07, 6.45) is 0.151. The standard InChI is InChI=1S/C24H25ClN4O5S/c1-29(20-12-14-21(34-2)15-13-20)23(30)22(16-17-6-4-3-5-7-17)26-24(31)28-35(32,33)27-19-10-8-18(25)9-11-19/h3-15,22,27H,16H2,1-2H3,(H2,26,28,31)/t22-/m0/s1. The average Bonchev–Trinajstić information content (AvgIpc) is 2.84. The second kappa shape index (κ2) is 11.6. The van der Waals surface area contributed by atoms with E-state index in [2.05, 4.69) is 10.0 Å². The van der Waals surface area contributed by atoms with Crippen LogP contribution in [0.2, 0.25) is 5.02 Å². The molecule has 0 saturated heterocycles. The Balaban J connectivity index is 1.74. The summed E-state index contributed by atoms with van der Waals surface area (Å²) in [5, 5.41) is 2.92. The van der Waals surface area contributed by atoms with Crippen LogP contribution in [-0.2, 0) is 21.4 Å². The second-order valence-corrected chi connectivity index (χ2v) is 9.38. The molecule has 0 aliphatic rings. The van der Waals surface area contributed by atoms with Gasteiger partial charge in [0.1, 0.15) is 11.8 Å². The Hall–Kier alpha value is -3.76. The highest BCUT2D eigenvalue weighted by Gasteiger charge is 2.27. The Morgan fingerprint density at radius 3 is 2.20 bits per heavy atom. The monoisotopic (exact) mass is 516 g/mol. The fourth-order valence-electron chi connectivity index (χ4n) is 3.23. The molecule has 0 heterocycles. The Morgan fingerprint density at radius 2 is 1.60 bits per heavy atom. The summed E-state index contributed by atoms with van der Waals surface area (Å²) in [5.74, 6) is 0.198. The lowest BCUT2D eigenvalue weighted by molar-refractivity contribution is -0.120. The smallest absolute Gasteiger partial charge is 0.330 e. The second-order valence-electron chi connectivity index (χ2n) is 7.53. The van der Waals surface area contributed by atoms with Crippen LogP contribution in [0, 0.1) is 0 Å². The topological polar surface area (TPSA) is 117 Å². The van der Waals surface area contributed by atoms with Crippen LogP contribution in [0.5, 0.6) is 5.75 Å². The van der Waals surface area contributed by atoms with Crippen LogP contribution in [0.15, 0.2) is 78.9 Å². The predicted molar refractivity (Wildman–Crippen MR) is 136 cm³/mol. The minimum Gasteiger partial charge on any atom is -0.497 e. The molecule has 0 aromatic heterocycles. The molecule has 35 heavy (non-hydrogen) atoms. The number of likely N-dealkylation sites (N-methyl/N-ethyl adjacent to an activating group) is 1.